The van der Waals surface area contributed by atoms with E-state index in [1.807, 2.05) is 24.3 Å². The van der Waals surface area contributed by atoms with Gasteiger partial charge in [-0.15, -0.1) is 0 Å². The minimum Gasteiger partial charge on any atom is -0.492 e. The Labute approximate surface area is 229 Å². The molecule has 38 heavy (non-hydrogen) atoms. The summed E-state index contributed by atoms with van der Waals surface area (Å²) in [4.78, 5) is 27.1. The van der Waals surface area contributed by atoms with E-state index >= 15 is 0 Å². The second kappa shape index (κ2) is 11.5. The molecule has 4 atom stereocenters. The maximum atomic E-state index is 13.4. The van der Waals surface area contributed by atoms with Crippen molar-refractivity contribution in [1.82, 2.24) is 15.5 Å². The molecule has 4 N–H and O–H groups in total. The van der Waals surface area contributed by atoms with Crippen molar-refractivity contribution >= 4 is 33.4 Å². The molecule has 2 fully saturated rings. The second-order valence-corrected chi connectivity index (χ2v) is 11.0. The van der Waals surface area contributed by atoms with Crippen molar-refractivity contribution in [2.75, 3.05) is 26.2 Å². The molecule has 0 aliphatic carbocycles. The third-order valence-electron chi connectivity index (χ3n) is 7.42. The van der Waals surface area contributed by atoms with Crippen LogP contribution in [0.1, 0.15) is 30.4 Å². The highest BCUT2D eigenvalue weighted by Crippen LogP contribution is 2.34. The second-order valence-electron chi connectivity index (χ2n) is 10.1. The Balaban J connectivity index is 1.23. The van der Waals surface area contributed by atoms with E-state index in [9.17, 15) is 24.2 Å². The number of aliphatic carboxylic acids is 1. The molecule has 0 radical (unpaired) electrons. The van der Waals surface area contributed by atoms with Gasteiger partial charge in [0.25, 0.3) is 0 Å². The zero-order chi connectivity index (χ0) is 26.8. The number of nitrogens with one attached hydrogen (secondary N) is 2. The molecule has 3 aliphatic rings. The highest BCUT2D eigenvalue weighted by Gasteiger charge is 2.41. The first-order chi connectivity index (χ1) is 18.3. The molecule has 1 amide bonds. The molecule has 2 saturated heterocycles. The van der Waals surface area contributed by atoms with Crippen LogP contribution in [-0.4, -0.2) is 77.5 Å². The summed E-state index contributed by atoms with van der Waals surface area (Å²) in [5, 5.41) is 26.3. The number of aliphatic hydroxyl groups is 1. The van der Waals surface area contributed by atoms with Crippen LogP contribution in [0.25, 0.3) is 5.57 Å². The average Bonchev–Trinajstić information content (AvgIpc) is 3.33. The fourth-order valence-corrected chi connectivity index (χ4v) is 5.95. The lowest BCUT2D eigenvalue weighted by Crippen LogP contribution is -2.63. The third kappa shape index (κ3) is 5.93. The number of aryl methyl sites for hydroxylation is 1. The third-order valence-corrected chi connectivity index (χ3v) is 8.07. The fraction of sp³-hybridized carbons (Fsp3) is 0.429. The number of hydrogen-bond donors (Lipinski definition) is 4. The van der Waals surface area contributed by atoms with Crippen molar-refractivity contribution in [2.24, 2.45) is 0 Å². The molecule has 8 nitrogen and oxygen atoms in total. The van der Waals surface area contributed by atoms with E-state index in [1.165, 1.54) is 12.1 Å². The van der Waals surface area contributed by atoms with Crippen LogP contribution in [0.15, 0.2) is 52.5 Å². The van der Waals surface area contributed by atoms with Gasteiger partial charge in [-0.05, 0) is 70.4 Å². The summed E-state index contributed by atoms with van der Waals surface area (Å²) in [6.07, 6.45) is 1.88. The number of aliphatic hydroxyl groups excluding tert-OH is 1. The number of carboxylic acid groups (broad SMARTS) is 1. The lowest BCUT2D eigenvalue weighted by Gasteiger charge is -2.44. The maximum absolute atomic E-state index is 13.4. The molecular formula is C28H31BrFN3O5. The van der Waals surface area contributed by atoms with Crippen molar-refractivity contribution < 1.29 is 28.9 Å². The topological polar surface area (TPSA) is 111 Å². The molecule has 3 heterocycles. The van der Waals surface area contributed by atoms with Crippen LogP contribution in [-0.2, 0) is 16.0 Å². The summed E-state index contributed by atoms with van der Waals surface area (Å²) in [5.41, 5.74) is 3.09. The van der Waals surface area contributed by atoms with Crippen molar-refractivity contribution in [3.63, 3.8) is 0 Å². The predicted octanol–water partition coefficient (Wildman–Crippen LogP) is 2.73. The molecule has 2 aromatic rings. The number of fused-ring (bicyclic) bond motifs is 2. The number of carbonyl (C=O) groups is 2. The summed E-state index contributed by atoms with van der Waals surface area (Å²) < 4.78 is 19.8. The Hall–Kier alpha value is -2.79. The first-order valence-corrected chi connectivity index (χ1v) is 13.7. The van der Waals surface area contributed by atoms with E-state index in [2.05, 4.69) is 26.6 Å². The molecule has 2 aromatic carbocycles. The molecular weight excluding hydrogens is 557 g/mol. The van der Waals surface area contributed by atoms with Gasteiger partial charge in [0.15, 0.2) is 0 Å². The highest BCUT2D eigenvalue weighted by atomic mass is 79.9. The molecule has 5 rings (SSSR count). The van der Waals surface area contributed by atoms with E-state index in [-0.39, 0.29) is 24.3 Å². The standard InChI is InChI=1S/C28H31BrFN3O5/c29-22-8-7-18(30)10-25(22)38-9-1-2-16-3-5-17(6-4-16)21-11-19-14-33(15-24(32-19)26(21)28(36)37)27(35)23-12-20(34)13-31-23/h3-8,10,19-20,23-24,31-32,34H,1-2,9,11-15H2,(H,36,37)/t19-,20-,23+,24-/m1/s1. The molecule has 2 bridgehead atoms. The lowest BCUT2D eigenvalue weighted by molar-refractivity contribution is -0.137. The van der Waals surface area contributed by atoms with Gasteiger partial charge in [0.1, 0.15) is 11.6 Å². The van der Waals surface area contributed by atoms with Gasteiger partial charge in [0.05, 0.1) is 34.8 Å². The van der Waals surface area contributed by atoms with Crippen LogP contribution in [0.5, 0.6) is 5.75 Å². The van der Waals surface area contributed by atoms with Gasteiger partial charge in [-0.3, -0.25) is 4.79 Å². The molecule has 0 aromatic heterocycles. The number of hydrogen-bond acceptors (Lipinski definition) is 6. The summed E-state index contributed by atoms with van der Waals surface area (Å²) in [7, 11) is 0. The van der Waals surface area contributed by atoms with E-state index in [0.717, 1.165) is 29.5 Å². The van der Waals surface area contributed by atoms with E-state index in [0.29, 0.717) is 48.3 Å². The largest absolute Gasteiger partial charge is 0.492 e. The first kappa shape index (κ1) is 26.8. The Morgan fingerprint density at radius 1 is 1.16 bits per heavy atom. The first-order valence-electron chi connectivity index (χ1n) is 12.9. The number of piperazine rings is 1. The van der Waals surface area contributed by atoms with Crippen LogP contribution in [0.3, 0.4) is 0 Å². The Kier molecular flexibility index (Phi) is 8.13. The molecule has 0 saturated carbocycles. The number of benzene rings is 2. The van der Waals surface area contributed by atoms with Crippen LogP contribution in [0, 0.1) is 5.82 Å². The number of ether oxygens (including phenoxy) is 1. The zero-order valence-corrected chi connectivity index (χ0v) is 22.4. The molecule has 10 heteroatoms. The van der Waals surface area contributed by atoms with E-state index in [4.69, 9.17) is 4.74 Å². The molecule has 3 aliphatic heterocycles. The maximum Gasteiger partial charge on any atom is 0.333 e. The Morgan fingerprint density at radius 2 is 1.95 bits per heavy atom. The monoisotopic (exact) mass is 587 g/mol. The zero-order valence-electron chi connectivity index (χ0n) is 20.8. The minimum atomic E-state index is -0.982. The normalized spacial score (nSPS) is 25.0. The van der Waals surface area contributed by atoms with Crippen LogP contribution >= 0.6 is 15.9 Å². The van der Waals surface area contributed by atoms with Gasteiger partial charge in [-0.1, -0.05) is 24.3 Å². The predicted molar refractivity (Wildman–Crippen MR) is 143 cm³/mol. The average molecular weight is 588 g/mol. The number of β-amino-alcohol motifs (C(OH)–C–C–N with tert-alkyl or cyclic N) is 1. The minimum absolute atomic E-state index is 0.0406. The number of carbonyl (C=O) groups excluding carboxylic acids is 1. The van der Waals surface area contributed by atoms with Gasteiger partial charge in [0.2, 0.25) is 5.91 Å². The van der Waals surface area contributed by atoms with Crippen molar-refractivity contribution in [3.05, 3.63) is 69.5 Å². The van der Waals surface area contributed by atoms with Crippen molar-refractivity contribution in [2.45, 2.75) is 49.9 Å². The van der Waals surface area contributed by atoms with Crippen LogP contribution in [0.2, 0.25) is 0 Å². The van der Waals surface area contributed by atoms with E-state index < -0.39 is 24.2 Å². The van der Waals surface area contributed by atoms with Crippen molar-refractivity contribution in [3.8, 4) is 5.75 Å². The lowest BCUT2D eigenvalue weighted by atomic mass is 9.83. The van der Waals surface area contributed by atoms with Gasteiger partial charge in [0, 0.05) is 31.7 Å². The molecule has 202 valence electrons. The number of halogens is 2. The summed E-state index contributed by atoms with van der Waals surface area (Å²) >= 11 is 3.36. The van der Waals surface area contributed by atoms with Crippen molar-refractivity contribution in [1.29, 1.82) is 0 Å². The SMILES string of the molecule is O=C(O)C1=C(c2ccc(CCCOc3cc(F)ccc3Br)cc2)C[C@@H]2CN(C(=O)[C@@H]3C[C@@H](O)CN3)C[C@H]1N2. The molecule has 0 spiro atoms. The van der Waals surface area contributed by atoms with E-state index in [1.54, 1.807) is 11.0 Å². The smallest absolute Gasteiger partial charge is 0.333 e. The van der Waals surface area contributed by atoms with Gasteiger partial charge < -0.3 is 30.5 Å². The Bertz CT molecular complexity index is 1240. The van der Waals surface area contributed by atoms with Gasteiger partial charge >= 0.3 is 5.97 Å². The van der Waals surface area contributed by atoms with Gasteiger partial charge in [-0.25, -0.2) is 9.18 Å². The quantitative estimate of drug-likeness (QED) is 0.351. The fourth-order valence-electron chi connectivity index (χ4n) is 5.59. The number of rotatable bonds is 8. The van der Waals surface area contributed by atoms with Gasteiger partial charge in [-0.2, -0.15) is 0 Å². The summed E-state index contributed by atoms with van der Waals surface area (Å²) in [6, 6.07) is 11.4. The van der Waals surface area contributed by atoms with Crippen LogP contribution in [0.4, 0.5) is 4.39 Å². The molecule has 0 unspecified atom stereocenters. The van der Waals surface area contributed by atoms with Crippen LogP contribution < -0.4 is 15.4 Å². The Morgan fingerprint density at radius 3 is 2.66 bits per heavy atom. The highest BCUT2D eigenvalue weighted by molar-refractivity contribution is 9.10. The number of amides is 1. The summed E-state index contributed by atoms with van der Waals surface area (Å²) in [6.45, 7) is 1.62. The number of carboxylic acids is 1. The number of nitrogens with zero attached hydrogens (tertiary/aromatic N) is 1. The summed E-state index contributed by atoms with van der Waals surface area (Å²) in [5.74, 6) is -0.933.